The third kappa shape index (κ3) is 6.36. The third-order valence-electron chi connectivity index (χ3n) is 6.27. The summed E-state index contributed by atoms with van der Waals surface area (Å²) in [4.78, 5) is 27.8. The SMILES string of the molecule is CC(C)(C)NC(=O)N1CCc2c(-c3cccc(C(F)(F)F)c3)ccc(C(=O)CCCn3cnnc3)c2C1. The van der Waals surface area contributed by atoms with Gasteiger partial charge in [-0.05, 0) is 68.0 Å². The van der Waals surface area contributed by atoms with Gasteiger partial charge in [-0.25, -0.2) is 4.79 Å². The second-order valence-electron chi connectivity index (χ2n) is 10.3. The fourth-order valence-electron chi connectivity index (χ4n) is 4.54. The first-order valence-electron chi connectivity index (χ1n) is 12.2. The molecule has 2 aromatic carbocycles. The summed E-state index contributed by atoms with van der Waals surface area (Å²) < 4.78 is 41.9. The van der Waals surface area contributed by atoms with Crippen LogP contribution >= 0.6 is 0 Å². The maximum absolute atomic E-state index is 13.4. The Labute approximate surface area is 213 Å². The Morgan fingerprint density at radius 1 is 1.03 bits per heavy atom. The largest absolute Gasteiger partial charge is 0.416 e. The smallest absolute Gasteiger partial charge is 0.333 e. The molecule has 4 rings (SSSR count). The van der Waals surface area contributed by atoms with E-state index >= 15 is 0 Å². The zero-order valence-electron chi connectivity index (χ0n) is 21.1. The first-order chi connectivity index (χ1) is 17.4. The quantitative estimate of drug-likeness (QED) is 0.442. The van der Waals surface area contributed by atoms with Crippen LogP contribution in [0, 0.1) is 0 Å². The predicted molar refractivity (Wildman–Crippen MR) is 133 cm³/mol. The highest BCUT2D eigenvalue weighted by Crippen LogP contribution is 2.36. The predicted octanol–water partition coefficient (Wildman–Crippen LogP) is 5.49. The number of alkyl halides is 3. The van der Waals surface area contributed by atoms with Gasteiger partial charge in [-0.3, -0.25) is 4.79 Å². The Morgan fingerprint density at radius 3 is 2.43 bits per heavy atom. The lowest BCUT2D eigenvalue weighted by Gasteiger charge is -2.34. The van der Waals surface area contributed by atoms with E-state index < -0.39 is 17.3 Å². The molecule has 0 fully saturated rings. The first kappa shape index (κ1) is 26.4. The molecule has 196 valence electrons. The Balaban J connectivity index is 1.67. The number of hydrogen-bond acceptors (Lipinski definition) is 4. The van der Waals surface area contributed by atoms with Gasteiger partial charge >= 0.3 is 12.2 Å². The fraction of sp³-hybridized carbons (Fsp3) is 0.407. The molecule has 2 amide bonds. The van der Waals surface area contributed by atoms with Crippen molar-refractivity contribution in [3.05, 3.63) is 71.3 Å². The summed E-state index contributed by atoms with van der Waals surface area (Å²) in [5, 5.41) is 10.5. The zero-order chi connectivity index (χ0) is 26.8. The number of urea groups is 1. The van der Waals surface area contributed by atoms with Crippen molar-refractivity contribution in [2.45, 2.75) is 64.8 Å². The van der Waals surface area contributed by atoms with Crippen molar-refractivity contribution in [3.63, 3.8) is 0 Å². The Hall–Kier alpha value is -3.69. The summed E-state index contributed by atoms with van der Waals surface area (Å²) in [6.45, 7) is 6.85. The van der Waals surface area contributed by atoms with Gasteiger partial charge in [0.2, 0.25) is 0 Å². The summed E-state index contributed by atoms with van der Waals surface area (Å²) in [6, 6.07) is 8.38. The molecule has 0 aliphatic carbocycles. The Bertz CT molecular complexity index is 1280. The number of carbonyl (C=O) groups is 2. The van der Waals surface area contributed by atoms with E-state index in [-0.39, 0.29) is 24.8 Å². The third-order valence-corrected chi connectivity index (χ3v) is 6.27. The number of amides is 2. The minimum absolute atomic E-state index is 0.0713. The van der Waals surface area contributed by atoms with Crippen LogP contribution in [0.4, 0.5) is 18.0 Å². The fourth-order valence-corrected chi connectivity index (χ4v) is 4.54. The van der Waals surface area contributed by atoms with Gasteiger partial charge in [0.15, 0.2) is 5.78 Å². The maximum Gasteiger partial charge on any atom is 0.416 e. The van der Waals surface area contributed by atoms with Gasteiger partial charge in [0.1, 0.15) is 12.7 Å². The lowest BCUT2D eigenvalue weighted by Crippen LogP contribution is -2.50. The molecule has 0 spiro atoms. The van der Waals surface area contributed by atoms with Crippen LogP contribution in [0.3, 0.4) is 0 Å². The topological polar surface area (TPSA) is 80.1 Å². The zero-order valence-corrected chi connectivity index (χ0v) is 21.1. The molecule has 1 aliphatic heterocycles. The van der Waals surface area contributed by atoms with Gasteiger partial charge in [-0.1, -0.05) is 24.3 Å². The molecule has 10 heteroatoms. The lowest BCUT2D eigenvalue weighted by atomic mass is 9.85. The maximum atomic E-state index is 13.4. The van der Waals surface area contributed by atoms with E-state index in [1.807, 2.05) is 20.8 Å². The highest BCUT2D eigenvalue weighted by atomic mass is 19.4. The van der Waals surface area contributed by atoms with Crippen molar-refractivity contribution in [2.75, 3.05) is 6.54 Å². The van der Waals surface area contributed by atoms with Gasteiger partial charge in [0.25, 0.3) is 0 Å². The highest BCUT2D eigenvalue weighted by molar-refractivity contribution is 5.99. The molecule has 0 atom stereocenters. The van der Waals surface area contributed by atoms with E-state index in [0.29, 0.717) is 48.2 Å². The number of benzene rings is 2. The van der Waals surface area contributed by atoms with Crippen molar-refractivity contribution < 1.29 is 22.8 Å². The number of aromatic nitrogens is 3. The summed E-state index contributed by atoms with van der Waals surface area (Å²) in [6.07, 6.45) is -0.000330. The molecule has 1 N–H and O–H groups in total. The molecular formula is C27H30F3N5O2. The molecule has 0 saturated heterocycles. The van der Waals surface area contributed by atoms with E-state index in [0.717, 1.165) is 17.7 Å². The van der Waals surface area contributed by atoms with Crippen molar-refractivity contribution in [3.8, 4) is 11.1 Å². The van der Waals surface area contributed by atoms with Gasteiger partial charge in [-0.2, -0.15) is 13.2 Å². The van der Waals surface area contributed by atoms with Crippen LogP contribution in [-0.4, -0.2) is 43.6 Å². The van der Waals surface area contributed by atoms with Gasteiger partial charge in [0.05, 0.1) is 5.56 Å². The van der Waals surface area contributed by atoms with E-state index in [2.05, 4.69) is 15.5 Å². The van der Waals surface area contributed by atoms with Gasteiger partial charge in [-0.15, -0.1) is 10.2 Å². The number of aryl methyl sites for hydroxylation is 1. The van der Waals surface area contributed by atoms with Crippen LogP contribution in [0.5, 0.6) is 0 Å². The van der Waals surface area contributed by atoms with Crippen LogP contribution in [0.25, 0.3) is 11.1 Å². The standard InChI is InChI=1S/C27H30F3N5O2/c1-26(2,3)33-25(37)35-13-11-21-20(18-6-4-7-19(14-18)27(28,29)30)9-10-22(23(21)15-35)24(36)8-5-12-34-16-31-32-17-34/h4,6-7,9-10,14,16-17H,5,8,11-13,15H2,1-3H3,(H,33,37). The number of hydrogen-bond donors (Lipinski definition) is 1. The molecule has 3 aromatic rings. The summed E-state index contributed by atoms with van der Waals surface area (Å²) in [5.41, 5.74) is 1.93. The summed E-state index contributed by atoms with van der Waals surface area (Å²) >= 11 is 0. The van der Waals surface area contributed by atoms with Gasteiger partial charge < -0.3 is 14.8 Å². The van der Waals surface area contributed by atoms with Crippen molar-refractivity contribution >= 4 is 11.8 Å². The lowest BCUT2D eigenvalue weighted by molar-refractivity contribution is -0.137. The molecule has 0 unspecified atom stereocenters. The monoisotopic (exact) mass is 513 g/mol. The Kier molecular flexibility index (Phi) is 7.38. The second-order valence-corrected chi connectivity index (χ2v) is 10.3. The number of fused-ring (bicyclic) bond motifs is 1. The van der Waals surface area contributed by atoms with E-state index in [1.165, 1.54) is 6.07 Å². The number of nitrogens with zero attached hydrogens (tertiary/aromatic N) is 4. The number of carbonyl (C=O) groups excluding carboxylic acids is 2. The van der Waals surface area contributed by atoms with Crippen molar-refractivity contribution in [1.82, 2.24) is 25.0 Å². The van der Waals surface area contributed by atoms with E-state index in [9.17, 15) is 22.8 Å². The first-order valence-corrected chi connectivity index (χ1v) is 12.2. The summed E-state index contributed by atoms with van der Waals surface area (Å²) in [7, 11) is 0. The number of halogens is 3. The highest BCUT2D eigenvalue weighted by Gasteiger charge is 2.32. The van der Waals surface area contributed by atoms with Crippen molar-refractivity contribution in [2.24, 2.45) is 0 Å². The van der Waals surface area contributed by atoms with Crippen LogP contribution in [0.2, 0.25) is 0 Å². The molecule has 7 nitrogen and oxygen atoms in total. The van der Waals surface area contributed by atoms with Crippen LogP contribution in [0.1, 0.15) is 60.7 Å². The molecule has 2 heterocycles. The number of Topliss-reactive ketones (excluding diaryl/α,β-unsaturated/α-hetero) is 1. The van der Waals surface area contributed by atoms with Crippen LogP contribution in [0.15, 0.2) is 49.1 Å². The molecular weight excluding hydrogens is 483 g/mol. The van der Waals surface area contributed by atoms with Crippen LogP contribution < -0.4 is 5.32 Å². The van der Waals surface area contributed by atoms with E-state index in [4.69, 9.17) is 0 Å². The average molecular weight is 514 g/mol. The molecule has 0 radical (unpaired) electrons. The molecule has 0 bridgehead atoms. The summed E-state index contributed by atoms with van der Waals surface area (Å²) in [5.74, 6) is -0.0713. The minimum atomic E-state index is -4.46. The van der Waals surface area contributed by atoms with Gasteiger partial charge in [0, 0.05) is 37.2 Å². The molecule has 1 aliphatic rings. The second kappa shape index (κ2) is 10.4. The normalized spacial score (nSPS) is 13.8. The average Bonchev–Trinajstić information content (AvgIpc) is 3.35. The Morgan fingerprint density at radius 2 is 1.76 bits per heavy atom. The number of rotatable bonds is 6. The number of ketones is 1. The minimum Gasteiger partial charge on any atom is -0.333 e. The molecule has 0 saturated carbocycles. The molecule has 37 heavy (non-hydrogen) atoms. The molecule has 1 aromatic heterocycles. The van der Waals surface area contributed by atoms with Crippen molar-refractivity contribution in [1.29, 1.82) is 0 Å². The van der Waals surface area contributed by atoms with Crippen LogP contribution in [-0.2, 0) is 25.7 Å². The van der Waals surface area contributed by atoms with E-state index in [1.54, 1.807) is 40.3 Å². The number of nitrogens with one attached hydrogen (secondary N) is 1.